The number of carbonyl (C=O) groups is 1. The van der Waals surface area contributed by atoms with Crippen LogP contribution in [0.3, 0.4) is 0 Å². The first-order valence-corrected chi connectivity index (χ1v) is 22.6. The predicted molar refractivity (Wildman–Crippen MR) is 215 cm³/mol. The highest BCUT2D eigenvalue weighted by atomic mass is 35.5. The Morgan fingerprint density at radius 1 is 1.11 bits per heavy atom. The van der Waals surface area contributed by atoms with E-state index in [1.807, 2.05) is 20.1 Å². The number of hydrogen-bond donors (Lipinski definition) is 1. The third kappa shape index (κ3) is 6.14. The van der Waals surface area contributed by atoms with Gasteiger partial charge in [0.05, 0.1) is 35.8 Å². The molecule has 5 aliphatic heterocycles. The molecule has 4 bridgehead atoms. The number of sulfonamides is 1. The van der Waals surface area contributed by atoms with Gasteiger partial charge in [-0.05, 0) is 104 Å². The molecular formula is C43H56ClFN4O6S. The molecule has 10 nitrogen and oxygen atoms in total. The second kappa shape index (κ2) is 14.2. The van der Waals surface area contributed by atoms with Gasteiger partial charge >= 0.3 is 0 Å². The van der Waals surface area contributed by atoms with Crippen molar-refractivity contribution < 1.29 is 31.8 Å². The average molecular weight is 811 g/mol. The minimum Gasteiger partial charge on any atom is -0.490 e. The Bertz CT molecular complexity index is 2050. The van der Waals surface area contributed by atoms with Gasteiger partial charge in [0.25, 0.3) is 5.91 Å². The van der Waals surface area contributed by atoms with E-state index in [1.54, 1.807) is 31.2 Å². The number of fused-ring (bicyclic) bond motifs is 7. The van der Waals surface area contributed by atoms with E-state index >= 15 is 4.39 Å². The minimum atomic E-state index is -4.01. The molecule has 0 aromatic heterocycles. The van der Waals surface area contributed by atoms with Crippen molar-refractivity contribution in [3.05, 3.63) is 69.5 Å². The number of carbonyl (C=O) groups excluding carboxylic acids is 1. The first-order chi connectivity index (χ1) is 26.8. The number of methoxy groups -OCH3 is 1. The molecule has 1 amide bonds. The normalized spacial score (nSPS) is 37.0. The molecule has 3 aliphatic carbocycles. The van der Waals surface area contributed by atoms with Gasteiger partial charge in [0, 0.05) is 75.4 Å². The molecule has 1 N–H and O–H groups in total. The van der Waals surface area contributed by atoms with Crippen molar-refractivity contribution in [1.29, 1.82) is 0 Å². The lowest BCUT2D eigenvalue weighted by molar-refractivity contribution is -0.171. The van der Waals surface area contributed by atoms with Crippen molar-refractivity contribution in [2.45, 2.75) is 81.6 Å². The topological polar surface area (TPSA) is 101 Å². The van der Waals surface area contributed by atoms with Crippen LogP contribution in [0.5, 0.6) is 5.75 Å². The number of amides is 1. The number of ether oxygens (including phenoxy) is 3. The van der Waals surface area contributed by atoms with Gasteiger partial charge in [-0.3, -0.25) is 14.6 Å². The first kappa shape index (κ1) is 38.8. The highest BCUT2D eigenvalue weighted by Gasteiger charge is 2.62. The molecule has 2 aromatic carbocycles. The standard InChI is InChI=1S/C43H56ClFN4O6S/c1-27-28(2)56(51,52)46-40(50)29-7-10-38-37(20-29)49(24-42(26-55-38)12-5-6-34-35(42)8-9-36(44)39(34)45)21-31-11-13-41(31,3)43(53-4,32-18-30(27)19-32)25-47-14-15-48-16-17-54-23-33(48)22-47/h7-10,18,20,27-28,30-31,33H,5-6,11-17,19,21-26H2,1-4H3,(H,46,50)/t27-,28-,30+,31+,33-,41-,42+,43+/m1/s1. The summed E-state index contributed by atoms with van der Waals surface area (Å²) >= 11 is 6.33. The number of benzene rings is 2. The van der Waals surface area contributed by atoms with Crippen LogP contribution >= 0.6 is 11.6 Å². The van der Waals surface area contributed by atoms with Crippen LogP contribution in [0.2, 0.25) is 5.02 Å². The van der Waals surface area contributed by atoms with Crippen LogP contribution in [-0.4, -0.2) is 114 Å². The molecule has 8 aliphatic rings. The minimum absolute atomic E-state index is 0.0357. The van der Waals surface area contributed by atoms with Gasteiger partial charge in [0.2, 0.25) is 10.0 Å². The lowest BCUT2D eigenvalue weighted by atomic mass is 9.48. The SMILES string of the molecule is CO[C@@]1(CN2CCN3CCOC[C@H]3C2)C2=C[C@@H](C2)[C@H](C)[C@@H](C)S(=O)(=O)NC(=O)c2ccc3c(c2)N(C[C@@H]2CC[C@]21C)C[C@@]1(CCCc2c1ccc(Cl)c2F)CO3. The van der Waals surface area contributed by atoms with Gasteiger partial charge in [0.1, 0.15) is 17.2 Å². The van der Waals surface area contributed by atoms with E-state index in [0.29, 0.717) is 43.5 Å². The largest absolute Gasteiger partial charge is 0.490 e. The highest BCUT2D eigenvalue weighted by Crippen LogP contribution is 2.61. The van der Waals surface area contributed by atoms with Gasteiger partial charge < -0.3 is 19.1 Å². The number of hydrogen-bond acceptors (Lipinski definition) is 9. The number of allylic oxidation sites excluding steroid dienone is 1. The van der Waals surface area contributed by atoms with E-state index in [0.717, 1.165) is 89.3 Å². The number of halogens is 2. The van der Waals surface area contributed by atoms with Crippen LogP contribution in [-0.2, 0) is 31.3 Å². The van der Waals surface area contributed by atoms with E-state index in [1.165, 1.54) is 5.57 Å². The summed E-state index contributed by atoms with van der Waals surface area (Å²) in [5.41, 5.74) is 2.45. The quantitative estimate of drug-likeness (QED) is 0.385. The molecule has 13 heteroatoms. The maximum Gasteiger partial charge on any atom is 0.264 e. The molecule has 1 spiro atoms. The third-order valence-corrected chi connectivity index (χ3v) is 17.7. The molecule has 0 radical (unpaired) electrons. The Labute approximate surface area is 336 Å². The summed E-state index contributed by atoms with van der Waals surface area (Å²) in [5.74, 6) is -0.346. The van der Waals surface area contributed by atoms with Gasteiger partial charge in [-0.2, -0.15) is 0 Å². The van der Waals surface area contributed by atoms with Gasteiger partial charge in [-0.1, -0.05) is 37.6 Å². The van der Waals surface area contributed by atoms with Crippen LogP contribution in [0.25, 0.3) is 0 Å². The molecule has 304 valence electrons. The second-order valence-electron chi connectivity index (χ2n) is 18.2. The summed E-state index contributed by atoms with van der Waals surface area (Å²) in [6, 6.07) is 9.21. The lowest BCUT2D eigenvalue weighted by Gasteiger charge is -2.63. The molecule has 5 heterocycles. The Kier molecular flexibility index (Phi) is 9.84. The van der Waals surface area contributed by atoms with Crippen molar-refractivity contribution in [3.8, 4) is 5.75 Å². The highest BCUT2D eigenvalue weighted by molar-refractivity contribution is 7.90. The third-order valence-electron chi connectivity index (χ3n) is 15.5. The zero-order valence-corrected chi connectivity index (χ0v) is 34.7. The first-order valence-electron chi connectivity index (χ1n) is 20.6. The van der Waals surface area contributed by atoms with E-state index in [2.05, 4.69) is 32.4 Å². The number of piperazine rings is 1. The van der Waals surface area contributed by atoms with Crippen LogP contribution in [0, 0.1) is 29.0 Å². The number of rotatable bonds is 3. The zero-order valence-electron chi connectivity index (χ0n) is 33.1. The van der Waals surface area contributed by atoms with Crippen LogP contribution in [0.4, 0.5) is 10.1 Å². The summed E-state index contributed by atoms with van der Waals surface area (Å²) in [5, 5.41) is -0.671. The van der Waals surface area contributed by atoms with E-state index in [4.69, 9.17) is 25.8 Å². The summed E-state index contributed by atoms with van der Waals surface area (Å²) < 4.78 is 65.3. The number of nitrogens with one attached hydrogen (secondary N) is 1. The van der Waals surface area contributed by atoms with Crippen molar-refractivity contribution >= 4 is 33.2 Å². The maximum absolute atomic E-state index is 15.7. The van der Waals surface area contributed by atoms with Gasteiger partial charge in [0.15, 0.2) is 0 Å². The summed E-state index contributed by atoms with van der Waals surface area (Å²) in [4.78, 5) is 21.3. The number of nitrogens with zero attached hydrogens (tertiary/aromatic N) is 3. The number of anilines is 1. The molecular weight excluding hydrogens is 755 g/mol. The molecule has 2 saturated heterocycles. The molecule has 3 fully saturated rings. The lowest BCUT2D eigenvalue weighted by Crippen LogP contribution is -2.68. The molecule has 8 atom stereocenters. The molecule has 0 unspecified atom stereocenters. The van der Waals surface area contributed by atoms with E-state index < -0.39 is 32.2 Å². The van der Waals surface area contributed by atoms with Crippen molar-refractivity contribution in [2.75, 3.05) is 77.6 Å². The fourth-order valence-electron chi connectivity index (χ4n) is 11.5. The van der Waals surface area contributed by atoms with Gasteiger partial charge in [-0.25, -0.2) is 17.5 Å². The Morgan fingerprint density at radius 3 is 2.70 bits per heavy atom. The summed E-state index contributed by atoms with van der Waals surface area (Å²) in [6.45, 7) is 13.7. The molecule has 1 saturated carbocycles. The van der Waals surface area contributed by atoms with Crippen LogP contribution < -0.4 is 14.4 Å². The fourth-order valence-corrected chi connectivity index (χ4v) is 13.0. The molecule has 2 aromatic rings. The van der Waals surface area contributed by atoms with Crippen LogP contribution in [0.15, 0.2) is 42.0 Å². The van der Waals surface area contributed by atoms with E-state index in [-0.39, 0.29) is 39.6 Å². The van der Waals surface area contributed by atoms with Crippen molar-refractivity contribution in [2.24, 2.45) is 23.2 Å². The maximum atomic E-state index is 15.7. The Hall–Kier alpha value is -2.74. The molecule has 10 rings (SSSR count). The van der Waals surface area contributed by atoms with Crippen molar-refractivity contribution in [3.63, 3.8) is 0 Å². The molecule has 56 heavy (non-hydrogen) atoms. The second-order valence-corrected chi connectivity index (χ2v) is 20.6. The van der Waals surface area contributed by atoms with Crippen LogP contribution in [0.1, 0.15) is 74.4 Å². The average Bonchev–Trinajstić information content (AvgIpc) is 3.32. The predicted octanol–water partition coefficient (Wildman–Crippen LogP) is 5.81. The smallest absolute Gasteiger partial charge is 0.264 e. The van der Waals surface area contributed by atoms with E-state index in [9.17, 15) is 13.2 Å². The number of morpholine rings is 1. The Morgan fingerprint density at radius 2 is 1.93 bits per heavy atom. The van der Waals surface area contributed by atoms with Crippen molar-refractivity contribution in [1.82, 2.24) is 14.5 Å². The van der Waals surface area contributed by atoms with Gasteiger partial charge in [-0.15, -0.1) is 0 Å². The Balaban J connectivity index is 1.15. The zero-order chi connectivity index (χ0) is 39.2. The monoisotopic (exact) mass is 810 g/mol. The summed E-state index contributed by atoms with van der Waals surface area (Å²) in [6.07, 6.45) is 7.24. The fraction of sp³-hybridized carbons (Fsp3) is 0.651. The summed E-state index contributed by atoms with van der Waals surface area (Å²) in [7, 11) is -2.14.